The Morgan fingerprint density at radius 1 is 1.20 bits per heavy atom. The van der Waals surface area contributed by atoms with Crippen LogP contribution in [0.4, 0.5) is 5.13 Å². The van der Waals surface area contributed by atoms with E-state index in [2.05, 4.69) is 15.5 Å². The lowest BCUT2D eigenvalue weighted by Gasteiger charge is -2.03. The van der Waals surface area contributed by atoms with Crippen molar-refractivity contribution in [3.8, 4) is 0 Å². The van der Waals surface area contributed by atoms with Gasteiger partial charge in [0.05, 0.1) is 12.2 Å². The summed E-state index contributed by atoms with van der Waals surface area (Å²) in [6, 6.07) is 6.24. The van der Waals surface area contributed by atoms with Gasteiger partial charge in [0, 0.05) is 5.56 Å². The Kier molecular flexibility index (Phi) is 4.41. The highest BCUT2D eigenvalue weighted by molar-refractivity contribution is 7.15. The molecule has 104 valence electrons. The number of ether oxygens (including phenoxy) is 1. The number of hydrogen-bond donors (Lipinski definition) is 1. The molecule has 0 spiro atoms. The molecule has 0 aliphatic carbocycles. The molecule has 0 atom stereocenters. The zero-order chi connectivity index (χ0) is 14.5. The highest BCUT2D eigenvalue weighted by Crippen LogP contribution is 2.15. The van der Waals surface area contributed by atoms with Crippen LogP contribution in [0.1, 0.15) is 32.6 Å². The zero-order valence-electron chi connectivity index (χ0n) is 11.0. The summed E-state index contributed by atoms with van der Waals surface area (Å²) in [7, 11) is 0. The molecule has 1 amide bonds. The number of aryl methyl sites for hydroxylation is 1. The maximum absolute atomic E-state index is 11.9. The topological polar surface area (TPSA) is 81.2 Å². The third kappa shape index (κ3) is 3.39. The van der Waals surface area contributed by atoms with Gasteiger partial charge in [-0.25, -0.2) is 4.79 Å². The van der Waals surface area contributed by atoms with E-state index in [0.29, 0.717) is 22.9 Å². The predicted octanol–water partition coefficient (Wildman–Crippen LogP) is 2.28. The first-order valence-electron chi connectivity index (χ1n) is 5.98. The van der Waals surface area contributed by atoms with Crippen molar-refractivity contribution in [2.24, 2.45) is 0 Å². The van der Waals surface area contributed by atoms with Gasteiger partial charge in [-0.3, -0.25) is 10.1 Å². The minimum absolute atomic E-state index is 0.295. The standard InChI is InChI=1S/C13H13N3O3S/c1-3-19-12(18)10-6-4-9(5-7-10)11(17)14-13-16-15-8(2)20-13/h4-7H,3H2,1-2H3,(H,14,16,17). The van der Waals surface area contributed by atoms with Gasteiger partial charge >= 0.3 is 5.97 Å². The number of nitrogens with one attached hydrogen (secondary N) is 1. The molecule has 0 aliphatic rings. The van der Waals surface area contributed by atoms with Crippen LogP contribution >= 0.6 is 11.3 Å². The summed E-state index contributed by atoms with van der Waals surface area (Å²) in [5.74, 6) is -0.698. The van der Waals surface area contributed by atoms with Crippen LogP contribution in [0.5, 0.6) is 0 Å². The van der Waals surface area contributed by atoms with Crippen LogP contribution < -0.4 is 5.32 Å². The molecular weight excluding hydrogens is 278 g/mol. The van der Waals surface area contributed by atoms with Crippen LogP contribution in [0.2, 0.25) is 0 Å². The Bertz CT molecular complexity index is 622. The van der Waals surface area contributed by atoms with Crippen molar-refractivity contribution in [3.63, 3.8) is 0 Å². The number of hydrogen-bond acceptors (Lipinski definition) is 6. The van der Waals surface area contributed by atoms with E-state index in [1.54, 1.807) is 31.2 Å². The van der Waals surface area contributed by atoms with E-state index in [0.717, 1.165) is 5.01 Å². The Hall–Kier alpha value is -2.28. The Balaban J connectivity index is 2.05. The van der Waals surface area contributed by atoms with E-state index in [4.69, 9.17) is 4.74 Å². The summed E-state index contributed by atoms with van der Waals surface area (Å²) in [6.07, 6.45) is 0. The van der Waals surface area contributed by atoms with Crippen LogP contribution in [0.15, 0.2) is 24.3 Å². The molecular formula is C13H13N3O3S. The largest absolute Gasteiger partial charge is 0.462 e. The number of carbonyl (C=O) groups is 2. The first-order chi connectivity index (χ1) is 9.60. The van der Waals surface area contributed by atoms with Crippen molar-refractivity contribution in [1.82, 2.24) is 10.2 Å². The van der Waals surface area contributed by atoms with Crippen LogP contribution in [0, 0.1) is 6.92 Å². The number of anilines is 1. The average Bonchev–Trinajstić information content (AvgIpc) is 2.84. The summed E-state index contributed by atoms with van der Waals surface area (Å²) >= 11 is 1.30. The molecule has 2 aromatic rings. The molecule has 0 radical (unpaired) electrons. The minimum Gasteiger partial charge on any atom is -0.462 e. The number of rotatable bonds is 4. The molecule has 7 heteroatoms. The van der Waals surface area contributed by atoms with E-state index in [-0.39, 0.29) is 5.91 Å². The summed E-state index contributed by atoms with van der Waals surface area (Å²) < 4.78 is 4.87. The van der Waals surface area contributed by atoms with Gasteiger partial charge in [-0.2, -0.15) is 0 Å². The normalized spacial score (nSPS) is 10.1. The molecule has 0 saturated heterocycles. The summed E-state index contributed by atoms with van der Waals surface area (Å²) in [5.41, 5.74) is 0.848. The predicted molar refractivity (Wildman–Crippen MR) is 75.0 cm³/mol. The van der Waals surface area contributed by atoms with Gasteiger partial charge in [-0.15, -0.1) is 10.2 Å². The van der Waals surface area contributed by atoms with Gasteiger partial charge in [0.2, 0.25) is 5.13 Å². The smallest absolute Gasteiger partial charge is 0.338 e. The molecule has 0 aliphatic heterocycles. The lowest BCUT2D eigenvalue weighted by molar-refractivity contribution is 0.0526. The molecule has 0 saturated carbocycles. The van der Waals surface area contributed by atoms with Gasteiger partial charge in [0.1, 0.15) is 5.01 Å². The van der Waals surface area contributed by atoms with Crippen LogP contribution in [0.3, 0.4) is 0 Å². The first-order valence-corrected chi connectivity index (χ1v) is 6.80. The number of benzene rings is 1. The van der Waals surface area contributed by atoms with E-state index < -0.39 is 5.97 Å². The van der Waals surface area contributed by atoms with Crippen LogP contribution in [0.25, 0.3) is 0 Å². The highest BCUT2D eigenvalue weighted by atomic mass is 32.1. The van der Waals surface area contributed by atoms with E-state index in [9.17, 15) is 9.59 Å². The maximum atomic E-state index is 11.9. The summed E-state index contributed by atoms with van der Waals surface area (Å²) in [6.45, 7) is 3.86. The van der Waals surface area contributed by atoms with E-state index in [1.807, 2.05) is 6.92 Å². The van der Waals surface area contributed by atoms with Gasteiger partial charge in [-0.1, -0.05) is 11.3 Å². The number of aromatic nitrogens is 2. The number of esters is 1. The highest BCUT2D eigenvalue weighted by Gasteiger charge is 2.11. The van der Waals surface area contributed by atoms with E-state index >= 15 is 0 Å². The number of amides is 1. The Morgan fingerprint density at radius 3 is 2.40 bits per heavy atom. The third-order valence-electron chi connectivity index (χ3n) is 2.40. The van der Waals surface area contributed by atoms with Gasteiger partial charge in [0.15, 0.2) is 0 Å². The Morgan fingerprint density at radius 2 is 1.85 bits per heavy atom. The molecule has 0 bridgehead atoms. The molecule has 1 aromatic carbocycles. The molecule has 0 unspecified atom stereocenters. The lowest BCUT2D eigenvalue weighted by Crippen LogP contribution is -2.12. The maximum Gasteiger partial charge on any atom is 0.338 e. The molecule has 1 aromatic heterocycles. The van der Waals surface area contributed by atoms with Crippen LogP contribution in [-0.4, -0.2) is 28.7 Å². The Labute approximate surface area is 119 Å². The van der Waals surface area contributed by atoms with Gasteiger partial charge in [0.25, 0.3) is 5.91 Å². The third-order valence-corrected chi connectivity index (χ3v) is 3.16. The van der Waals surface area contributed by atoms with Crippen molar-refractivity contribution in [1.29, 1.82) is 0 Å². The first kappa shape index (κ1) is 14.1. The number of nitrogens with zero attached hydrogens (tertiary/aromatic N) is 2. The SMILES string of the molecule is CCOC(=O)c1ccc(C(=O)Nc2nnc(C)s2)cc1. The van der Waals surface area contributed by atoms with Crippen molar-refractivity contribution in [2.45, 2.75) is 13.8 Å². The molecule has 6 nitrogen and oxygen atoms in total. The van der Waals surface area contributed by atoms with Crippen molar-refractivity contribution in [2.75, 3.05) is 11.9 Å². The fraction of sp³-hybridized carbons (Fsp3) is 0.231. The van der Waals surface area contributed by atoms with Crippen molar-refractivity contribution in [3.05, 3.63) is 40.4 Å². The number of carbonyl (C=O) groups excluding carboxylic acids is 2. The quantitative estimate of drug-likeness (QED) is 0.874. The lowest BCUT2D eigenvalue weighted by atomic mass is 10.1. The van der Waals surface area contributed by atoms with Crippen molar-refractivity contribution >= 4 is 28.3 Å². The fourth-order valence-electron chi connectivity index (χ4n) is 1.49. The van der Waals surface area contributed by atoms with Gasteiger partial charge < -0.3 is 4.74 Å². The van der Waals surface area contributed by atoms with Gasteiger partial charge in [-0.05, 0) is 38.1 Å². The summed E-state index contributed by atoms with van der Waals surface area (Å²) in [4.78, 5) is 23.4. The fourth-order valence-corrected chi connectivity index (χ4v) is 2.08. The molecule has 2 rings (SSSR count). The average molecular weight is 291 g/mol. The molecule has 1 heterocycles. The second kappa shape index (κ2) is 6.25. The summed E-state index contributed by atoms with van der Waals surface area (Å²) in [5, 5.41) is 11.5. The molecule has 0 fully saturated rings. The zero-order valence-corrected chi connectivity index (χ0v) is 11.9. The van der Waals surface area contributed by atoms with Crippen molar-refractivity contribution < 1.29 is 14.3 Å². The monoisotopic (exact) mass is 291 g/mol. The second-order valence-electron chi connectivity index (χ2n) is 3.88. The second-order valence-corrected chi connectivity index (χ2v) is 5.06. The van der Waals surface area contributed by atoms with E-state index in [1.165, 1.54) is 11.3 Å². The molecule has 20 heavy (non-hydrogen) atoms. The minimum atomic E-state index is -0.404. The van der Waals surface area contributed by atoms with Crippen LogP contribution in [-0.2, 0) is 4.74 Å². The molecule has 1 N–H and O–H groups in total.